The van der Waals surface area contributed by atoms with Gasteiger partial charge in [-0.05, 0) is 54.5 Å². The van der Waals surface area contributed by atoms with E-state index >= 15 is 0 Å². The molecule has 0 atom stereocenters. The van der Waals surface area contributed by atoms with Gasteiger partial charge >= 0.3 is 0 Å². The minimum Gasteiger partial charge on any atom is -0.497 e. The van der Waals surface area contributed by atoms with Crippen molar-refractivity contribution in [1.29, 1.82) is 0 Å². The Morgan fingerprint density at radius 3 is 2.16 bits per heavy atom. The number of nitrogens with one attached hydrogen (secondary N) is 2. The molecule has 0 radical (unpaired) electrons. The number of ether oxygens (including phenoxy) is 1. The van der Waals surface area contributed by atoms with Crippen LogP contribution in [0, 0.1) is 0 Å². The second-order valence-electron chi connectivity index (χ2n) is 7.02. The molecule has 0 aliphatic heterocycles. The van der Waals surface area contributed by atoms with E-state index in [4.69, 9.17) is 9.85 Å². The third kappa shape index (κ3) is 5.39. The molecule has 5 heteroatoms. The summed E-state index contributed by atoms with van der Waals surface area (Å²) < 4.78 is 7.07. The van der Waals surface area contributed by atoms with Gasteiger partial charge in [0.25, 0.3) is 0 Å². The largest absolute Gasteiger partial charge is 0.497 e. The summed E-state index contributed by atoms with van der Waals surface area (Å²) in [7, 11) is 5.52. The molecule has 0 heterocycles. The average Bonchev–Trinajstić information content (AvgIpc) is 2.81. The quantitative estimate of drug-likeness (QED) is 0.242. The van der Waals surface area contributed by atoms with Crippen LogP contribution in [0.1, 0.15) is 12.5 Å². The van der Waals surface area contributed by atoms with Crippen LogP contribution in [0.15, 0.2) is 96.3 Å². The van der Waals surface area contributed by atoms with E-state index in [0.29, 0.717) is 0 Å². The molecule has 0 spiro atoms. The van der Waals surface area contributed by atoms with Crippen molar-refractivity contribution in [1.82, 2.24) is 0 Å². The predicted octanol–water partition coefficient (Wildman–Crippen LogP) is 6.82. The van der Waals surface area contributed by atoms with Crippen LogP contribution < -0.4 is 15.4 Å². The van der Waals surface area contributed by atoms with Gasteiger partial charge in [-0.3, -0.25) is 0 Å². The molecule has 3 rings (SSSR count). The lowest BCUT2D eigenvalue weighted by Crippen LogP contribution is -1.98. The molecule has 0 saturated heterocycles. The lowest BCUT2D eigenvalue weighted by Gasteiger charge is -2.10. The highest BCUT2D eigenvalue weighted by atomic mass is 16.5. The summed E-state index contributed by atoms with van der Waals surface area (Å²) in [6.07, 6.45) is 1.85. The smallest absolute Gasteiger partial charge is 0.231 e. The molecule has 5 nitrogen and oxygen atoms in total. The van der Waals surface area contributed by atoms with Crippen LogP contribution in [0.25, 0.3) is 5.57 Å². The molecule has 0 aromatic heterocycles. The normalized spacial score (nSPS) is 12.1. The second-order valence-corrected chi connectivity index (χ2v) is 7.02. The van der Waals surface area contributed by atoms with Gasteiger partial charge in [0.15, 0.2) is 7.05 Å². The Bertz CT molecular complexity index is 1100. The number of anilines is 3. The summed E-state index contributed by atoms with van der Waals surface area (Å²) >= 11 is 0. The van der Waals surface area contributed by atoms with Gasteiger partial charge in [0.05, 0.1) is 7.11 Å². The molecule has 0 unspecified atom stereocenters. The zero-order valence-corrected chi connectivity index (χ0v) is 18.5. The van der Waals surface area contributed by atoms with Gasteiger partial charge in [0.1, 0.15) is 11.4 Å². The average molecular weight is 414 g/mol. The molecular weight excluding hydrogens is 384 g/mol. The van der Waals surface area contributed by atoms with Gasteiger partial charge in [0, 0.05) is 47.4 Å². The first kappa shape index (κ1) is 21.8. The molecule has 3 aromatic rings. The van der Waals surface area contributed by atoms with E-state index in [2.05, 4.69) is 23.3 Å². The van der Waals surface area contributed by atoms with E-state index in [-0.39, 0.29) is 0 Å². The van der Waals surface area contributed by atoms with E-state index < -0.39 is 0 Å². The molecule has 0 amide bonds. The van der Waals surface area contributed by atoms with Crippen molar-refractivity contribution >= 4 is 28.3 Å². The number of allylic oxidation sites excluding steroid dienone is 3. The Morgan fingerprint density at radius 1 is 0.968 bits per heavy atom. The molecule has 0 aliphatic rings. The number of azo groups is 2. The van der Waals surface area contributed by atoms with Crippen molar-refractivity contribution in [3.05, 3.63) is 96.7 Å². The number of methoxy groups -OCH3 is 1. The van der Waals surface area contributed by atoms with Crippen molar-refractivity contribution in [2.75, 3.05) is 31.8 Å². The Morgan fingerprint density at radius 2 is 1.58 bits per heavy atom. The van der Waals surface area contributed by atoms with E-state index in [1.165, 1.54) is 0 Å². The Balaban J connectivity index is 1.81. The van der Waals surface area contributed by atoms with E-state index in [9.17, 15) is 0 Å². The summed E-state index contributed by atoms with van der Waals surface area (Å²) in [5.74, 6) is 0.837. The highest BCUT2D eigenvalue weighted by molar-refractivity contribution is 5.83. The van der Waals surface area contributed by atoms with Crippen molar-refractivity contribution in [2.24, 2.45) is 5.11 Å². The van der Waals surface area contributed by atoms with Crippen molar-refractivity contribution in [3.8, 4) is 5.75 Å². The van der Waals surface area contributed by atoms with E-state index in [1.54, 1.807) is 7.11 Å². The molecule has 0 aliphatic carbocycles. The fourth-order valence-electron chi connectivity index (χ4n) is 3.33. The molecule has 3 aromatic carbocycles. The lowest BCUT2D eigenvalue weighted by molar-refractivity contribution is -0.478. The van der Waals surface area contributed by atoms with Crippen molar-refractivity contribution in [3.63, 3.8) is 0 Å². The maximum absolute atomic E-state index is 5.20. The van der Waals surface area contributed by atoms with Gasteiger partial charge < -0.3 is 15.4 Å². The maximum Gasteiger partial charge on any atom is 0.231 e. The molecular formula is C26H29N4O+. The third-order valence-electron chi connectivity index (χ3n) is 5.00. The van der Waals surface area contributed by atoms with Crippen LogP contribution in [0.4, 0.5) is 22.7 Å². The SMILES string of the molecule is C=C/C(=C(/C)N=[N+](C)c1ccc(Nc2ccc(OC)cc2)cc1)c1ccccc1NC. The van der Waals surface area contributed by atoms with Gasteiger partial charge in [0.2, 0.25) is 5.69 Å². The number of para-hydroxylation sites is 1. The fraction of sp³-hybridized carbons (Fsp3) is 0.154. The van der Waals surface area contributed by atoms with Gasteiger partial charge in [-0.2, -0.15) is 0 Å². The number of nitrogens with zero attached hydrogens (tertiary/aromatic N) is 2. The fourth-order valence-corrected chi connectivity index (χ4v) is 3.33. The van der Waals surface area contributed by atoms with Gasteiger partial charge in [-0.25, -0.2) is 0 Å². The first-order valence-corrected chi connectivity index (χ1v) is 10.1. The minimum atomic E-state index is 0.837. The molecule has 158 valence electrons. The summed E-state index contributed by atoms with van der Waals surface area (Å²) in [6, 6.07) is 24.1. The molecule has 0 saturated carbocycles. The Hall–Kier alpha value is -3.86. The summed E-state index contributed by atoms with van der Waals surface area (Å²) in [6.45, 7) is 6.00. The topological polar surface area (TPSA) is 48.7 Å². The highest BCUT2D eigenvalue weighted by Crippen LogP contribution is 2.28. The molecule has 31 heavy (non-hydrogen) atoms. The monoisotopic (exact) mass is 413 g/mol. The van der Waals surface area contributed by atoms with Crippen LogP contribution in [0.3, 0.4) is 0 Å². The maximum atomic E-state index is 5.20. The molecule has 0 fully saturated rings. The summed E-state index contributed by atoms with van der Waals surface area (Å²) in [5, 5.41) is 11.4. The zero-order valence-electron chi connectivity index (χ0n) is 18.5. The van der Waals surface area contributed by atoms with Crippen molar-refractivity contribution < 1.29 is 9.43 Å². The van der Waals surface area contributed by atoms with Crippen molar-refractivity contribution in [2.45, 2.75) is 6.92 Å². The van der Waals surface area contributed by atoms with E-state index in [0.717, 1.165) is 45.3 Å². The number of benzene rings is 3. The third-order valence-corrected chi connectivity index (χ3v) is 5.00. The van der Waals surface area contributed by atoms with Crippen LogP contribution in [-0.4, -0.2) is 25.9 Å². The Labute approximate surface area is 184 Å². The zero-order chi connectivity index (χ0) is 22.2. The number of hydrogen-bond acceptors (Lipinski definition) is 4. The van der Waals surface area contributed by atoms with Crippen LogP contribution in [0.5, 0.6) is 5.75 Å². The summed E-state index contributed by atoms with van der Waals surface area (Å²) in [4.78, 5) is 0. The highest BCUT2D eigenvalue weighted by Gasteiger charge is 2.11. The second kappa shape index (κ2) is 10.3. The predicted molar refractivity (Wildman–Crippen MR) is 130 cm³/mol. The van der Waals surface area contributed by atoms with Gasteiger partial charge in [-0.15, -0.1) is 0 Å². The Kier molecular flexibility index (Phi) is 7.22. The molecule has 2 N–H and O–H groups in total. The summed E-state index contributed by atoms with van der Waals surface area (Å²) in [5.41, 5.74) is 7.01. The first-order valence-electron chi connectivity index (χ1n) is 10.1. The van der Waals surface area contributed by atoms with Crippen LogP contribution in [0.2, 0.25) is 0 Å². The first-order chi connectivity index (χ1) is 15.0. The number of hydrogen-bond donors (Lipinski definition) is 2. The van der Waals surface area contributed by atoms with Crippen LogP contribution >= 0.6 is 0 Å². The lowest BCUT2D eigenvalue weighted by atomic mass is 10.0. The van der Waals surface area contributed by atoms with E-state index in [1.807, 2.05) is 98.5 Å². The standard InChI is InChI=1S/C26H28N4O/c1-6-24(25-9-7-8-10-26(25)27-3)19(2)29-30(4)22-15-11-20(12-16-22)28-21-13-17-23(31-5)18-14-21/h6-18,28H,1H2,2-5H3/p+1. The van der Waals surface area contributed by atoms with Gasteiger partial charge in [-0.1, -0.05) is 35.6 Å². The van der Waals surface area contributed by atoms with Crippen LogP contribution in [-0.2, 0) is 0 Å². The minimum absolute atomic E-state index is 0.837. The number of rotatable bonds is 8. The molecule has 0 bridgehead atoms.